The third-order valence-electron chi connectivity index (χ3n) is 4.34. The van der Waals surface area contributed by atoms with Crippen LogP contribution in [-0.4, -0.2) is 62.1 Å². The Kier molecular flexibility index (Phi) is 4.31. The van der Waals surface area contributed by atoms with Gasteiger partial charge in [0, 0.05) is 38.3 Å². The van der Waals surface area contributed by atoms with Crippen LogP contribution in [0.25, 0.3) is 0 Å². The summed E-state index contributed by atoms with van der Waals surface area (Å²) in [5.41, 5.74) is 6.22. The van der Waals surface area contributed by atoms with Gasteiger partial charge >= 0.3 is 0 Å². The smallest absolute Gasteiger partial charge is 0.211 e. The molecule has 5 nitrogen and oxygen atoms in total. The molecular formula is C12H25N3O2S. The molecule has 18 heavy (non-hydrogen) atoms. The maximum Gasteiger partial charge on any atom is 0.211 e. The van der Waals surface area contributed by atoms with Crippen molar-refractivity contribution < 1.29 is 8.42 Å². The molecule has 2 aliphatic rings. The van der Waals surface area contributed by atoms with Gasteiger partial charge in [0.1, 0.15) is 0 Å². The number of rotatable bonds is 2. The van der Waals surface area contributed by atoms with E-state index in [4.69, 9.17) is 5.73 Å². The second-order valence-corrected chi connectivity index (χ2v) is 7.83. The molecule has 0 spiro atoms. The summed E-state index contributed by atoms with van der Waals surface area (Å²) in [4.78, 5) is 2.39. The summed E-state index contributed by atoms with van der Waals surface area (Å²) in [6, 6.07) is 0.696. The quantitative estimate of drug-likeness (QED) is 0.775. The van der Waals surface area contributed by atoms with Gasteiger partial charge in [-0.15, -0.1) is 0 Å². The van der Waals surface area contributed by atoms with Gasteiger partial charge < -0.3 is 5.73 Å². The van der Waals surface area contributed by atoms with Gasteiger partial charge in [0.25, 0.3) is 0 Å². The van der Waals surface area contributed by atoms with E-state index in [1.165, 1.54) is 12.7 Å². The zero-order valence-corrected chi connectivity index (χ0v) is 12.2. The SMILES string of the molecule is CC1CCC(N)C(N2CCN(S(C)(=O)=O)CC2)C1. The second kappa shape index (κ2) is 5.45. The van der Waals surface area contributed by atoms with Crippen molar-refractivity contribution >= 4 is 10.0 Å². The average Bonchev–Trinajstić information content (AvgIpc) is 2.31. The Hall–Kier alpha value is -0.170. The fourth-order valence-electron chi connectivity index (χ4n) is 3.16. The highest BCUT2D eigenvalue weighted by Crippen LogP contribution is 2.27. The summed E-state index contributed by atoms with van der Waals surface area (Å²) in [5, 5.41) is 0. The first-order valence-electron chi connectivity index (χ1n) is 6.82. The van der Waals surface area contributed by atoms with E-state index in [1.807, 2.05) is 0 Å². The van der Waals surface area contributed by atoms with Crippen molar-refractivity contribution in [3.63, 3.8) is 0 Å². The van der Waals surface area contributed by atoms with Crippen LogP contribution in [0.1, 0.15) is 26.2 Å². The molecule has 1 saturated carbocycles. The van der Waals surface area contributed by atoms with E-state index in [9.17, 15) is 8.42 Å². The maximum atomic E-state index is 11.5. The molecule has 0 aromatic carbocycles. The molecule has 1 saturated heterocycles. The molecule has 0 bridgehead atoms. The third-order valence-corrected chi connectivity index (χ3v) is 5.65. The van der Waals surface area contributed by atoms with Gasteiger partial charge in [-0.1, -0.05) is 6.92 Å². The standard InChI is InChI=1S/C12H25N3O2S/c1-10-3-4-11(13)12(9-10)14-5-7-15(8-6-14)18(2,16)17/h10-12H,3-9,13H2,1-2H3. The first kappa shape index (κ1) is 14.2. The highest BCUT2D eigenvalue weighted by molar-refractivity contribution is 7.88. The van der Waals surface area contributed by atoms with Gasteiger partial charge in [-0.3, -0.25) is 4.90 Å². The van der Waals surface area contributed by atoms with E-state index in [1.54, 1.807) is 4.31 Å². The highest BCUT2D eigenvalue weighted by Gasteiger charge is 2.33. The molecule has 6 heteroatoms. The molecule has 2 N–H and O–H groups in total. The topological polar surface area (TPSA) is 66.6 Å². The molecule has 0 radical (unpaired) electrons. The third kappa shape index (κ3) is 3.23. The van der Waals surface area contributed by atoms with E-state index >= 15 is 0 Å². The normalized spacial score (nSPS) is 36.7. The number of piperazine rings is 1. The van der Waals surface area contributed by atoms with Crippen LogP contribution < -0.4 is 5.73 Å². The lowest BCUT2D eigenvalue weighted by Gasteiger charge is -2.44. The fraction of sp³-hybridized carbons (Fsp3) is 1.00. The van der Waals surface area contributed by atoms with E-state index < -0.39 is 10.0 Å². The first-order chi connectivity index (χ1) is 8.38. The monoisotopic (exact) mass is 275 g/mol. The van der Waals surface area contributed by atoms with Gasteiger partial charge in [-0.05, 0) is 25.2 Å². The molecule has 3 unspecified atom stereocenters. The summed E-state index contributed by atoms with van der Waals surface area (Å²) in [7, 11) is -3.03. The Morgan fingerprint density at radius 2 is 1.72 bits per heavy atom. The minimum Gasteiger partial charge on any atom is -0.326 e. The van der Waals surface area contributed by atoms with Crippen LogP contribution in [0.4, 0.5) is 0 Å². The zero-order chi connectivity index (χ0) is 13.3. The maximum absolute atomic E-state index is 11.5. The molecule has 1 aliphatic heterocycles. The molecule has 2 rings (SSSR count). The highest BCUT2D eigenvalue weighted by atomic mass is 32.2. The number of sulfonamides is 1. The minimum absolute atomic E-state index is 0.256. The largest absolute Gasteiger partial charge is 0.326 e. The Balaban J connectivity index is 1.93. The van der Waals surface area contributed by atoms with Gasteiger partial charge in [0.2, 0.25) is 10.0 Å². The minimum atomic E-state index is -3.03. The number of hydrogen-bond acceptors (Lipinski definition) is 4. The second-order valence-electron chi connectivity index (χ2n) is 5.85. The van der Waals surface area contributed by atoms with Crippen LogP contribution in [0.5, 0.6) is 0 Å². The predicted molar refractivity (Wildman–Crippen MR) is 72.8 cm³/mol. The van der Waals surface area contributed by atoms with Crippen molar-refractivity contribution in [1.82, 2.24) is 9.21 Å². The summed E-state index contributed by atoms with van der Waals surface area (Å²) in [6.07, 6.45) is 4.76. The van der Waals surface area contributed by atoms with Crippen molar-refractivity contribution in [2.45, 2.75) is 38.3 Å². The van der Waals surface area contributed by atoms with Crippen LogP contribution in [0, 0.1) is 5.92 Å². The summed E-state index contributed by atoms with van der Waals surface area (Å²) in [5.74, 6) is 0.739. The number of hydrogen-bond donors (Lipinski definition) is 1. The number of nitrogens with zero attached hydrogens (tertiary/aromatic N) is 2. The molecule has 1 aliphatic carbocycles. The van der Waals surface area contributed by atoms with E-state index in [0.717, 1.165) is 31.8 Å². The molecule has 0 aromatic heterocycles. The van der Waals surface area contributed by atoms with Crippen molar-refractivity contribution in [1.29, 1.82) is 0 Å². The first-order valence-corrected chi connectivity index (χ1v) is 8.67. The molecule has 2 fully saturated rings. The van der Waals surface area contributed by atoms with E-state index in [2.05, 4.69) is 11.8 Å². The lowest BCUT2D eigenvalue weighted by atomic mass is 9.83. The molecule has 1 heterocycles. The average molecular weight is 275 g/mol. The molecular weight excluding hydrogens is 250 g/mol. The lowest BCUT2D eigenvalue weighted by Crippen LogP contribution is -2.57. The lowest BCUT2D eigenvalue weighted by molar-refractivity contribution is 0.0832. The Morgan fingerprint density at radius 1 is 1.11 bits per heavy atom. The van der Waals surface area contributed by atoms with E-state index in [-0.39, 0.29) is 6.04 Å². The Labute approximate surface area is 110 Å². The number of nitrogens with two attached hydrogens (primary N) is 1. The van der Waals surface area contributed by atoms with Gasteiger partial charge in [-0.2, -0.15) is 4.31 Å². The van der Waals surface area contributed by atoms with Crippen molar-refractivity contribution in [2.75, 3.05) is 32.4 Å². The van der Waals surface area contributed by atoms with Gasteiger partial charge in [0.05, 0.1) is 6.26 Å². The van der Waals surface area contributed by atoms with Crippen LogP contribution >= 0.6 is 0 Å². The zero-order valence-electron chi connectivity index (χ0n) is 11.4. The molecule has 3 atom stereocenters. The summed E-state index contributed by atoms with van der Waals surface area (Å²) >= 11 is 0. The van der Waals surface area contributed by atoms with E-state index in [0.29, 0.717) is 19.1 Å². The van der Waals surface area contributed by atoms with Gasteiger partial charge in [0.15, 0.2) is 0 Å². The van der Waals surface area contributed by atoms with Crippen molar-refractivity contribution in [2.24, 2.45) is 11.7 Å². The summed E-state index contributed by atoms with van der Waals surface area (Å²) < 4.78 is 24.5. The van der Waals surface area contributed by atoms with Crippen LogP contribution in [-0.2, 0) is 10.0 Å². The van der Waals surface area contributed by atoms with Crippen LogP contribution in [0.2, 0.25) is 0 Å². The molecule has 106 valence electrons. The van der Waals surface area contributed by atoms with Crippen LogP contribution in [0.3, 0.4) is 0 Å². The van der Waals surface area contributed by atoms with Crippen molar-refractivity contribution in [3.05, 3.63) is 0 Å². The fourth-order valence-corrected chi connectivity index (χ4v) is 3.99. The molecule has 0 amide bonds. The van der Waals surface area contributed by atoms with Crippen molar-refractivity contribution in [3.8, 4) is 0 Å². The summed E-state index contributed by atoms with van der Waals surface area (Å²) in [6.45, 7) is 5.13. The predicted octanol–water partition coefficient (Wildman–Crippen LogP) is 0.0795. The van der Waals surface area contributed by atoms with Crippen LogP contribution in [0.15, 0.2) is 0 Å². The molecule has 0 aromatic rings. The van der Waals surface area contributed by atoms with Gasteiger partial charge in [-0.25, -0.2) is 8.42 Å². The Morgan fingerprint density at radius 3 is 2.28 bits per heavy atom. The Bertz CT molecular complexity index is 377.